The maximum absolute atomic E-state index is 3.64. The summed E-state index contributed by atoms with van der Waals surface area (Å²) in [6, 6.07) is 8.56. The molecular formula is C15H25BrN2. The molecule has 0 atom stereocenters. The van der Waals surface area contributed by atoms with Crippen molar-refractivity contribution in [3.05, 3.63) is 34.3 Å². The van der Waals surface area contributed by atoms with E-state index in [1.54, 1.807) is 0 Å². The van der Waals surface area contributed by atoms with Crippen LogP contribution in [0.3, 0.4) is 0 Å². The van der Waals surface area contributed by atoms with E-state index in [0.717, 1.165) is 17.6 Å². The van der Waals surface area contributed by atoms with Crippen LogP contribution in [0.4, 0.5) is 0 Å². The maximum Gasteiger partial charge on any atom is 0.0249 e. The summed E-state index contributed by atoms with van der Waals surface area (Å²) in [4.78, 5) is 0. The van der Waals surface area contributed by atoms with Gasteiger partial charge in [0.15, 0.2) is 0 Å². The summed E-state index contributed by atoms with van der Waals surface area (Å²) in [6.45, 7) is 10.9. The summed E-state index contributed by atoms with van der Waals surface area (Å²) in [5.74, 6) is 0. The van der Waals surface area contributed by atoms with Gasteiger partial charge in [0.25, 0.3) is 0 Å². The smallest absolute Gasteiger partial charge is 0.0249 e. The first-order valence-corrected chi connectivity index (χ1v) is 7.22. The van der Waals surface area contributed by atoms with Crippen molar-refractivity contribution in [3.8, 4) is 0 Å². The second-order valence-corrected chi connectivity index (χ2v) is 7.08. The molecule has 0 saturated heterocycles. The number of nitrogens with one attached hydrogen (secondary N) is 2. The number of halogens is 1. The van der Waals surface area contributed by atoms with Crippen LogP contribution in [0, 0.1) is 0 Å². The lowest BCUT2D eigenvalue weighted by Crippen LogP contribution is -2.50. The third kappa shape index (κ3) is 4.71. The Kier molecular flexibility index (Phi) is 5.38. The van der Waals surface area contributed by atoms with Gasteiger partial charge in [-0.3, -0.25) is 0 Å². The Morgan fingerprint density at radius 2 is 1.78 bits per heavy atom. The second kappa shape index (κ2) is 6.18. The van der Waals surface area contributed by atoms with Gasteiger partial charge in [-0.25, -0.2) is 0 Å². The lowest BCUT2D eigenvalue weighted by atomic mass is 9.84. The second-order valence-electron chi connectivity index (χ2n) is 6.16. The van der Waals surface area contributed by atoms with Crippen molar-refractivity contribution in [3.63, 3.8) is 0 Å². The summed E-state index contributed by atoms with van der Waals surface area (Å²) >= 11 is 3.54. The minimum absolute atomic E-state index is 0.109. The number of rotatable bonds is 6. The minimum Gasteiger partial charge on any atom is -0.318 e. The normalized spacial score (nSPS) is 12.8. The highest BCUT2D eigenvalue weighted by Gasteiger charge is 2.24. The van der Waals surface area contributed by atoms with Gasteiger partial charge in [0.05, 0.1) is 0 Å². The van der Waals surface area contributed by atoms with Gasteiger partial charge in [-0.1, -0.05) is 41.9 Å². The Bertz CT molecular complexity index is 386. The Morgan fingerprint density at radius 3 is 2.33 bits per heavy atom. The highest BCUT2D eigenvalue weighted by Crippen LogP contribution is 2.25. The molecule has 0 heterocycles. The first kappa shape index (κ1) is 15.7. The van der Waals surface area contributed by atoms with Crippen LogP contribution in [0.25, 0.3) is 0 Å². The summed E-state index contributed by atoms with van der Waals surface area (Å²) < 4.78 is 1.14. The highest BCUT2D eigenvalue weighted by atomic mass is 79.9. The quantitative estimate of drug-likeness (QED) is 0.842. The zero-order valence-corrected chi connectivity index (χ0v) is 13.7. The molecule has 0 fully saturated rings. The van der Waals surface area contributed by atoms with Crippen LogP contribution in [-0.4, -0.2) is 25.7 Å². The number of benzene rings is 1. The molecule has 0 saturated carbocycles. The zero-order valence-electron chi connectivity index (χ0n) is 12.1. The summed E-state index contributed by atoms with van der Waals surface area (Å²) in [7, 11) is 1.99. The van der Waals surface area contributed by atoms with E-state index in [4.69, 9.17) is 0 Å². The molecular weight excluding hydrogens is 288 g/mol. The molecule has 0 aliphatic rings. The molecule has 0 unspecified atom stereocenters. The van der Waals surface area contributed by atoms with Crippen LogP contribution in [0.5, 0.6) is 0 Å². The van der Waals surface area contributed by atoms with Gasteiger partial charge in [0.1, 0.15) is 0 Å². The third-order valence-electron chi connectivity index (χ3n) is 3.23. The molecule has 3 heteroatoms. The van der Waals surface area contributed by atoms with Gasteiger partial charge in [-0.2, -0.15) is 0 Å². The standard InChI is InChI=1S/C15H25BrN2/c1-14(2,10-18-15(3,4)11-17-5)12-7-6-8-13(16)9-12/h6-9,17-18H,10-11H2,1-5H3. The predicted octanol–water partition coefficient (Wildman–Crippen LogP) is 3.31. The molecule has 0 spiro atoms. The van der Waals surface area contributed by atoms with E-state index >= 15 is 0 Å². The van der Waals surface area contributed by atoms with Gasteiger partial charge in [-0.05, 0) is 38.6 Å². The third-order valence-corrected chi connectivity index (χ3v) is 3.73. The number of hydrogen-bond acceptors (Lipinski definition) is 2. The molecule has 2 nitrogen and oxygen atoms in total. The van der Waals surface area contributed by atoms with Crippen molar-refractivity contribution >= 4 is 15.9 Å². The lowest BCUT2D eigenvalue weighted by molar-refractivity contribution is 0.332. The molecule has 0 radical (unpaired) electrons. The van der Waals surface area contributed by atoms with Gasteiger partial charge in [-0.15, -0.1) is 0 Å². The van der Waals surface area contributed by atoms with Crippen molar-refractivity contribution in [2.45, 2.75) is 38.6 Å². The molecule has 0 bridgehead atoms. The van der Waals surface area contributed by atoms with E-state index < -0.39 is 0 Å². The molecule has 1 aromatic carbocycles. The van der Waals surface area contributed by atoms with Crippen LogP contribution in [0.2, 0.25) is 0 Å². The topological polar surface area (TPSA) is 24.1 Å². The molecule has 0 amide bonds. The van der Waals surface area contributed by atoms with Crippen LogP contribution in [-0.2, 0) is 5.41 Å². The number of likely N-dealkylation sites (N-methyl/N-ethyl adjacent to an activating group) is 1. The van der Waals surface area contributed by atoms with Crippen molar-refractivity contribution in [2.75, 3.05) is 20.1 Å². The summed E-state index contributed by atoms with van der Waals surface area (Å²) in [6.07, 6.45) is 0. The fourth-order valence-corrected chi connectivity index (χ4v) is 2.38. The van der Waals surface area contributed by atoms with Crippen LogP contribution in [0.15, 0.2) is 28.7 Å². The lowest BCUT2D eigenvalue weighted by Gasteiger charge is -2.33. The van der Waals surface area contributed by atoms with E-state index in [9.17, 15) is 0 Å². The molecule has 1 rings (SSSR count). The van der Waals surface area contributed by atoms with E-state index in [1.807, 2.05) is 7.05 Å². The van der Waals surface area contributed by atoms with E-state index in [2.05, 4.69) is 78.5 Å². The molecule has 0 aliphatic heterocycles. The Labute approximate surface area is 120 Å². The summed E-state index contributed by atoms with van der Waals surface area (Å²) in [5, 5.41) is 6.86. The SMILES string of the molecule is CNCC(C)(C)NCC(C)(C)c1cccc(Br)c1. The van der Waals surface area contributed by atoms with Crippen LogP contribution < -0.4 is 10.6 Å². The molecule has 0 aliphatic carbocycles. The Morgan fingerprint density at radius 1 is 1.11 bits per heavy atom. The van der Waals surface area contributed by atoms with Crippen LogP contribution in [0.1, 0.15) is 33.3 Å². The molecule has 1 aromatic rings. The van der Waals surface area contributed by atoms with Crippen molar-refractivity contribution in [2.24, 2.45) is 0 Å². The first-order chi connectivity index (χ1) is 8.27. The predicted molar refractivity (Wildman–Crippen MR) is 83.2 cm³/mol. The Balaban J connectivity index is 2.70. The monoisotopic (exact) mass is 312 g/mol. The highest BCUT2D eigenvalue weighted by molar-refractivity contribution is 9.10. The molecule has 102 valence electrons. The molecule has 0 aromatic heterocycles. The largest absolute Gasteiger partial charge is 0.318 e. The molecule has 2 N–H and O–H groups in total. The average Bonchev–Trinajstić information content (AvgIpc) is 2.27. The van der Waals surface area contributed by atoms with Gasteiger partial charge < -0.3 is 10.6 Å². The molecule has 18 heavy (non-hydrogen) atoms. The maximum atomic E-state index is 3.64. The van der Waals surface area contributed by atoms with E-state index in [0.29, 0.717) is 0 Å². The van der Waals surface area contributed by atoms with Gasteiger partial charge in [0.2, 0.25) is 0 Å². The summed E-state index contributed by atoms with van der Waals surface area (Å²) in [5.41, 5.74) is 1.58. The Hall–Kier alpha value is -0.380. The fraction of sp³-hybridized carbons (Fsp3) is 0.600. The van der Waals surface area contributed by atoms with Crippen molar-refractivity contribution in [1.29, 1.82) is 0 Å². The van der Waals surface area contributed by atoms with Gasteiger partial charge in [0, 0.05) is 28.5 Å². The first-order valence-electron chi connectivity index (χ1n) is 6.42. The number of hydrogen-bond donors (Lipinski definition) is 2. The van der Waals surface area contributed by atoms with E-state index in [-0.39, 0.29) is 11.0 Å². The average molecular weight is 313 g/mol. The minimum atomic E-state index is 0.109. The van der Waals surface area contributed by atoms with Gasteiger partial charge >= 0.3 is 0 Å². The van der Waals surface area contributed by atoms with Crippen LogP contribution >= 0.6 is 15.9 Å². The fourth-order valence-electron chi connectivity index (χ4n) is 1.98. The van der Waals surface area contributed by atoms with Crippen molar-refractivity contribution in [1.82, 2.24) is 10.6 Å². The van der Waals surface area contributed by atoms with E-state index in [1.165, 1.54) is 5.56 Å². The van der Waals surface area contributed by atoms with Crippen molar-refractivity contribution < 1.29 is 0 Å². The zero-order chi connectivity index (χ0) is 13.8.